The van der Waals surface area contributed by atoms with Gasteiger partial charge in [0.2, 0.25) is 0 Å². The lowest BCUT2D eigenvalue weighted by Gasteiger charge is -2.23. The molecule has 2 aromatic heterocycles. The Morgan fingerprint density at radius 2 is 2.22 bits per heavy atom. The van der Waals surface area contributed by atoms with E-state index >= 15 is 0 Å². The van der Waals surface area contributed by atoms with Gasteiger partial charge in [-0.3, -0.25) is 14.4 Å². The number of amides is 2. The molecule has 1 fully saturated rings. The fraction of sp³-hybridized carbons (Fsp3) is 0.444. The molecule has 3 heterocycles. The maximum absolute atomic E-state index is 12.7. The zero-order chi connectivity index (χ0) is 19.2. The van der Waals surface area contributed by atoms with Crippen LogP contribution in [-0.4, -0.2) is 53.2 Å². The third-order valence-corrected chi connectivity index (χ3v) is 5.51. The van der Waals surface area contributed by atoms with Gasteiger partial charge in [0.05, 0.1) is 17.5 Å². The van der Waals surface area contributed by atoms with E-state index in [2.05, 4.69) is 15.5 Å². The van der Waals surface area contributed by atoms with Crippen molar-refractivity contribution in [3.63, 3.8) is 0 Å². The predicted octanol–water partition coefficient (Wildman–Crippen LogP) is 1.57. The number of rotatable bonds is 7. The predicted molar refractivity (Wildman–Crippen MR) is 101 cm³/mol. The van der Waals surface area contributed by atoms with Crippen molar-refractivity contribution in [2.75, 3.05) is 26.3 Å². The number of carbonyl (C=O) groups excluding carboxylic acids is 2. The number of aromatic amines is 1. The Morgan fingerprint density at radius 1 is 1.37 bits per heavy atom. The smallest absolute Gasteiger partial charge is 0.274 e. The molecule has 144 valence electrons. The second kappa shape index (κ2) is 8.92. The van der Waals surface area contributed by atoms with Crippen LogP contribution in [0.5, 0.6) is 0 Å². The zero-order valence-electron chi connectivity index (χ0n) is 15.1. The molecule has 3 rings (SSSR count). The summed E-state index contributed by atoms with van der Waals surface area (Å²) < 4.78 is 5.21. The van der Waals surface area contributed by atoms with Crippen LogP contribution in [0.15, 0.2) is 29.1 Å². The Balaban J connectivity index is 1.67. The third-order valence-electron chi connectivity index (χ3n) is 4.33. The molecule has 0 aromatic carbocycles. The molecule has 0 bridgehead atoms. The fourth-order valence-electron chi connectivity index (χ4n) is 3.04. The Hall–Kier alpha value is -2.52. The third kappa shape index (κ3) is 4.61. The first-order chi connectivity index (χ1) is 13.1. The number of nitrogens with zero attached hydrogens (tertiary/aromatic N) is 2. The highest BCUT2D eigenvalue weighted by Crippen LogP contribution is 2.36. The van der Waals surface area contributed by atoms with E-state index in [1.165, 1.54) is 23.5 Å². The maximum Gasteiger partial charge on any atom is 0.274 e. The number of likely N-dealkylation sites (tertiary alicyclic amines) is 1. The van der Waals surface area contributed by atoms with Gasteiger partial charge in [-0.25, -0.2) is 5.10 Å². The standard InChI is InChI=1S/C18H22N4O4S/c1-2-26-11-9-19-17(24)15-7-6-14(27-15)13-4-3-10-22(13)18(25)12-5-8-16(23)21-20-12/h5-8,13H,2-4,9-11H2,1H3,(H,19,24)(H,21,23). The van der Waals surface area contributed by atoms with Crippen molar-refractivity contribution in [3.05, 3.63) is 50.1 Å². The van der Waals surface area contributed by atoms with Gasteiger partial charge in [0.25, 0.3) is 17.4 Å². The molecule has 0 spiro atoms. The van der Waals surface area contributed by atoms with Gasteiger partial charge in [-0.15, -0.1) is 11.3 Å². The molecule has 0 radical (unpaired) electrons. The number of aromatic nitrogens is 2. The first-order valence-electron chi connectivity index (χ1n) is 8.92. The summed E-state index contributed by atoms with van der Waals surface area (Å²) in [7, 11) is 0. The molecule has 1 unspecified atom stereocenters. The highest BCUT2D eigenvalue weighted by Gasteiger charge is 2.32. The summed E-state index contributed by atoms with van der Waals surface area (Å²) in [5.41, 5.74) is -0.130. The van der Waals surface area contributed by atoms with E-state index in [0.29, 0.717) is 31.2 Å². The van der Waals surface area contributed by atoms with Crippen molar-refractivity contribution in [2.45, 2.75) is 25.8 Å². The molecular formula is C18H22N4O4S. The van der Waals surface area contributed by atoms with Crippen LogP contribution < -0.4 is 10.9 Å². The van der Waals surface area contributed by atoms with Crippen LogP contribution >= 0.6 is 11.3 Å². The van der Waals surface area contributed by atoms with Gasteiger partial charge in [0.15, 0.2) is 0 Å². The van der Waals surface area contributed by atoms with E-state index in [1.54, 1.807) is 11.0 Å². The van der Waals surface area contributed by atoms with E-state index in [0.717, 1.165) is 17.7 Å². The van der Waals surface area contributed by atoms with Gasteiger partial charge in [-0.2, -0.15) is 5.10 Å². The number of nitrogens with one attached hydrogen (secondary N) is 2. The van der Waals surface area contributed by atoms with Gasteiger partial charge in [0, 0.05) is 30.6 Å². The van der Waals surface area contributed by atoms with Crippen LogP contribution in [0.3, 0.4) is 0 Å². The Bertz CT molecular complexity index is 843. The number of thiophene rings is 1. The van der Waals surface area contributed by atoms with Crippen LogP contribution in [0.4, 0.5) is 0 Å². The number of carbonyl (C=O) groups is 2. The largest absolute Gasteiger partial charge is 0.380 e. The second-order valence-corrected chi connectivity index (χ2v) is 7.23. The van der Waals surface area contributed by atoms with Crippen molar-refractivity contribution >= 4 is 23.2 Å². The van der Waals surface area contributed by atoms with Crippen LogP contribution in [0.1, 0.15) is 50.8 Å². The van der Waals surface area contributed by atoms with Gasteiger partial charge >= 0.3 is 0 Å². The molecule has 0 aliphatic carbocycles. The van der Waals surface area contributed by atoms with Crippen molar-refractivity contribution in [2.24, 2.45) is 0 Å². The normalized spacial score (nSPS) is 16.5. The van der Waals surface area contributed by atoms with Gasteiger partial charge in [0.1, 0.15) is 5.69 Å². The van der Waals surface area contributed by atoms with Crippen LogP contribution in [0.2, 0.25) is 0 Å². The summed E-state index contributed by atoms with van der Waals surface area (Å²) in [5, 5.41) is 8.95. The van der Waals surface area contributed by atoms with E-state index in [-0.39, 0.29) is 29.1 Å². The van der Waals surface area contributed by atoms with E-state index in [9.17, 15) is 14.4 Å². The lowest BCUT2D eigenvalue weighted by atomic mass is 10.2. The summed E-state index contributed by atoms with van der Waals surface area (Å²) in [5.74, 6) is -0.353. The quantitative estimate of drug-likeness (QED) is 0.699. The zero-order valence-corrected chi connectivity index (χ0v) is 15.9. The lowest BCUT2D eigenvalue weighted by Crippen LogP contribution is -2.31. The summed E-state index contributed by atoms with van der Waals surface area (Å²) in [6, 6.07) is 6.33. The molecule has 2 amide bonds. The molecule has 1 atom stereocenters. The average Bonchev–Trinajstić information content (AvgIpc) is 3.34. The molecule has 1 aliphatic heterocycles. The minimum atomic E-state index is -0.345. The molecule has 2 N–H and O–H groups in total. The van der Waals surface area contributed by atoms with Crippen molar-refractivity contribution in [3.8, 4) is 0 Å². The highest BCUT2D eigenvalue weighted by molar-refractivity contribution is 7.14. The Kier molecular flexibility index (Phi) is 6.36. The summed E-state index contributed by atoms with van der Waals surface area (Å²) in [6.45, 7) is 4.10. The SMILES string of the molecule is CCOCCNC(=O)c1ccc(C2CCCN2C(=O)c2ccc(=O)[nH]n2)s1. The monoisotopic (exact) mass is 390 g/mol. The fourth-order valence-corrected chi connectivity index (χ4v) is 4.11. The summed E-state index contributed by atoms with van der Waals surface area (Å²) in [4.78, 5) is 39.4. The van der Waals surface area contributed by atoms with E-state index in [4.69, 9.17) is 4.74 Å². The van der Waals surface area contributed by atoms with Gasteiger partial charge < -0.3 is 15.0 Å². The molecule has 8 nitrogen and oxygen atoms in total. The van der Waals surface area contributed by atoms with E-state index in [1.807, 2.05) is 13.0 Å². The molecule has 27 heavy (non-hydrogen) atoms. The summed E-state index contributed by atoms with van der Waals surface area (Å²) in [6.07, 6.45) is 1.72. The highest BCUT2D eigenvalue weighted by atomic mass is 32.1. The first-order valence-corrected chi connectivity index (χ1v) is 9.74. The number of hydrogen-bond donors (Lipinski definition) is 2. The summed E-state index contributed by atoms with van der Waals surface area (Å²) >= 11 is 1.40. The Morgan fingerprint density at radius 3 is 2.96 bits per heavy atom. The van der Waals surface area contributed by atoms with Gasteiger partial charge in [-0.05, 0) is 38.0 Å². The number of H-pyrrole nitrogens is 1. The van der Waals surface area contributed by atoms with Crippen molar-refractivity contribution in [1.29, 1.82) is 0 Å². The average molecular weight is 390 g/mol. The second-order valence-electron chi connectivity index (χ2n) is 6.12. The molecule has 1 aliphatic rings. The molecule has 0 saturated carbocycles. The van der Waals surface area contributed by atoms with Crippen LogP contribution in [0.25, 0.3) is 0 Å². The molecule has 1 saturated heterocycles. The van der Waals surface area contributed by atoms with Crippen molar-refractivity contribution < 1.29 is 14.3 Å². The Labute approximate surface area is 160 Å². The van der Waals surface area contributed by atoms with Gasteiger partial charge in [-0.1, -0.05) is 0 Å². The van der Waals surface area contributed by atoms with Crippen LogP contribution in [-0.2, 0) is 4.74 Å². The van der Waals surface area contributed by atoms with Crippen molar-refractivity contribution in [1.82, 2.24) is 20.4 Å². The topological polar surface area (TPSA) is 104 Å². The molecule has 9 heteroatoms. The maximum atomic E-state index is 12.7. The minimum absolute atomic E-state index is 0.0822. The lowest BCUT2D eigenvalue weighted by molar-refractivity contribution is 0.0730. The minimum Gasteiger partial charge on any atom is -0.380 e. The van der Waals surface area contributed by atoms with Crippen LogP contribution in [0, 0.1) is 0 Å². The molecular weight excluding hydrogens is 368 g/mol. The first kappa shape index (κ1) is 19.2. The molecule has 2 aromatic rings. The van der Waals surface area contributed by atoms with E-state index < -0.39 is 0 Å². The number of hydrogen-bond acceptors (Lipinski definition) is 6. The number of ether oxygens (including phenoxy) is 1.